The molecule has 110 valence electrons. The second-order valence-electron chi connectivity index (χ2n) is 4.57. The molecule has 0 bridgehead atoms. The second-order valence-corrected chi connectivity index (χ2v) is 4.57. The van der Waals surface area contributed by atoms with Crippen LogP contribution in [0.4, 0.5) is 0 Å². The summed E-state index contributed by atoms with van der Waals surface area (Å²) in [5, 5.41) is 0. The van der Waals surface area contributed by atoms with E-state index in [1.54, 1.807) is 31.2 Å². The highest BCUT2D eigenvalue weighted by molar-refractivity contribution is 5.77. The van der Waals surface area contributed by atoms with Crippen molar-refractivity contribution in [3.05, 3.63) is 65.7 Å². The zero-order valence-corrected chi connectivity index (χ0v) is 12.0. The van der Waals surface area contributed by atoms with E-state index in [2.05, 4.69) is 0 Å². The molecule has 0 amide bonds. The SMILES string of the molecule is CCOC(=O)C(N)c1ccc(OCc2ccccc2)cc1. The Morgan fingerprint density at radius 2 is 1.76 bits per heavy atom. The first-order valence-electron chi connectivity index (χ1n) is 6.89. The zero-order valence-electron chi connectivity index (χ0n) is 12.0. The van der Waals surface area contributed by atoms with Gasteiger partial charge in [0.25, 0.3) is 0 Å². The van der Waals surface area contributed by atoms with E-state index in [0.29, 0.717) is 18.8 Å². The Balaban J connectivity index is 1.94. The minimum absolute atomic E-state index is 0.324. The van der Waals surface area contributed by atoms with E-state index < -0.39 is 12.0 Å². The molecular formula is C17H19NO3. The Bertz CT molecular complexity index is 566. The largest absolute Gasteiger partial charge is 0.489 e. The van der Waals surface area contributed by atoms with Gasteiger partial charge in [-0.2, -0.15) is 0 Å². The van der Waals surface area contributed by atoms with E-state index in [1.807, 2.05) is 30.3 Å². The van der Waals surface area contributed by atoms with Crippen molar-refractivity contribution < 1.29 is 14.3 Å². The van der Waals surface area contributed by atoms with Crippen LogP contribution in [-0.2, 0) is 16.1 Å². The second kappa shape index (κ2) is 7.45. The van der Waals surface area contributed by atoms with Crippen LogP contribution >= 0.6 is 0 Å². The molecule has 2 rings (SSSR count). The first kappa shape index (κ1) is 15.1. The lowest BCUT2D eigenvalue weighted by molar-refractivity contribution is -0.144. The summed E-state index contributed by atoms with van der Waals surface area (Å²) in [6, 6.07) is 16.3. The average Bonchev–Trinajstić information content (AvgIpc) is 2.54. The third-order valence-electron chi connectivity index (χ3n) is 3.03. The third kappa shape index (κ3) is 4.33. The van der Waals surface area contributed by atoms with E-state index in [9.17, 15) is 4.79 Å². The maximum absolute atomic E-state index is 11.6. The molecule has 0 aliphatic heterocycles. The predicted octanol–water partition coefficient (Wildman–Crippen LogP) is 2.83. The molecule has 0 saturated carbocycles. The van der Waals surface area contributed by atoms with Crippen molar-refractivity contribution in [3.8, 4) is 5.75 Å². The number of carbonyl (C=O) groups excluding carboxylic acids is 1. The molecule has 4 heteroatoms. The molecule has 0 aromatic heterocycles. The fourth-order valence-electron chi connectivity index (χ4n) is 1.88. The highest BCUT2D eigenvalue weighted by Crippen LogP contribution is 2.18. The van der Waals surface area contributed by atoms with E-state index in [4.69, 9.17) is 15.2 Å². The molecule has 0 heterocycles. The van der Waals surface area contributed by atoms with Crippen LogP contribution in [0.15, 0.2) is 54.6 Å². The Morgan fingerprint density at radius 1 is 1.10 bits per heavy atom. The Hall–Kier alpha value is -2.33. The maximum atomic E-state index is 11.6. The summed E-state index contributed by atoms with van der Waals surface area (Å²) in [4.78, 5) is 11.6. The molecule has 0 fully saturated rings. The van der Waals surface area contributed by atoms with Gasteiger partial charge in [0.15, 0.2) is 0 Å². The van der Waals surface area contributed by atoms with Gasteiger partial charge in [-0.3, -0.25) is 0 Å². The molecule has 2 aromatic carbocycles. The average molecular weight is 285 g/mol. The fraction of sp³-hybridized carbons (Fsp3) is 0.235. The van der Waals surface area contributed by atoms with Gasteiger partial charge in [0, 0.05) is 0 Å². The lowest BCUT2D eigenvalue weighted by Crippen LogP contribution is -2.23. The van der Waals surface area contributed by atoms with Crippen LogP contribution in [0.25, 0.3) is 0 Å². The number of hydrogen-bond donors (Lipinski definition) is 1. The van der Waals surface area contributed by atoms with Crippen LogP contribution in [0.5, 0.6) is 5.75 Å². The number of rotatable bonds is 6. The predicted molar refractivity (Wildman–Crippen MR) is 80.8 cm³/mol. The van der Waals surface area contributed by atoms with Crippen molar-refractivity contribution in [2.24, 2.45) is 5.73 Å². The normalized spacial score (nSPS) is 11.7. The van der Waals surface area contributed by atoms with Crippen LogP contribution < -0.4 is 10.5 Å². The van der Waals surface area contributed by atoms with Crippen molar-refractivity contribution in [1.29, 1.82) is 0 Å². The minimum Gasteiger partial charge on any atom is -0.489 e. The van der Waals surface area contributed by atoms with Crippen LogP contribution in [-0.4, -0.2) is 12.6 Å². The topological polar surface area (TPSA) is 61.5 Å². The highest BCUT2D eigenvalue weighted by atomic mass is 16.5. The molecular weight excluding hydrogens is 266 g/mol. The standard InChI is InChI=1S/C17H19NO3/c1-2-20-17(19)16(18)14-8-10-15(11-9-14)21-12-13-6-4-3-5-7-13/h3-11,16H,2,12,18H2,1H3. The summed E-state index contributed by atoms with van der Waals surface area (Å²) in [7, 11) is 0. The molecule has 0 aliphatic rings. The van der Waals surface area contributed by atoms with E-state index in [-0.39, 0.29) is 0 Å². The number of esters is 1. The molecule has 0 aliphatic carbocycles. The number of nitrogens with two attached hydrogens (primary N) is 1. The summed E-state index contributed by atoms with van der Waals surface area (Å²) >= 11 is 0. The highest BCUT2D eigenvalue weighted by Gasteiger charge is 2.16. The van der Waals surface area contributed by atoms with Gasteiger partial charge in [0.1, 0.15) is 18.4 Å². The van der Waals surface area contributed by atoms with Crippen LogP contribution in [0.1, 0.15) is 24.1 Å². The first-order valence-corrected chi connectivity index (χ1v) is 6.89. The smallest absolute Gasteiger partial charge is 0.327 e. The van der Waals surface area contributed by atoms with Gasteiger partial charge >= 0.3 is 5.97 Å². The Morgan fingerprint density at radius 3 is 2.38 bits per heavy atom. The van der Waals surface area contributed by atoms with Gasteiger partial charge in [-0.25, -0.2) is 4.79 Å². The molecule has 1 atom stereocenters. The van der Waals surface area contributed by atoms with Gasteiger partial charge in [0.05, 0.1) is 6.61 Å². The lowest BCUT2D eigenvalue weighted by Gasteiger charge is -2.12. The van der Waals surface area contributed by atoms with Crippen molar-refractivity contribution in [1.82, 2.24) is 0 Å². The first-order chi connectivity index (χ1) is 10.2. The molecule has 0 saturated heterocycles. The molecule has 4 nitrogen and oxygen atoms in total. The summed E-state index contributed by atoms with van der Waals surface area (Å²) in [6.45, 7) is 2.58. The van der Waals surface area contributed by atoms with Crippen molar-refractivity contribution in [2.75, 3.05) is 6.61 Å². The van der Waals surface area contributed by atoms with Crippen molar-refractivity contribution >= 4 is 5.97 Å². The Kier molecular flexibility index (Phi) is 5.35. The van der Waals surface area contributed by atoms with E-state index in [0.717, 1.165) is 11.3 Å². The van der Waals surface area contributed by atoms with E-state index >= 15 is 0 Å². The lowest BCUT2D eigenvalue weighted by atomic mass is 10.1. The molecule has 0 spiro atoms. The zero-order chi connectivity index (χ0) is 15.1. The number of ether oxygens (including phenoxy) is 2. The number of benzene rings is 2. The van der Waals surface area contributed by atoms with Gasteiger partial charge in [-0.1, -0.05) is 42.5 Å². The Labute approximate surface area is 124 Å². The van der Waals surface area contributed by atoms with Crippen LogP contribution in [0.2, 0.25) is 0 Å². The molecule has 0 radical (unpaired) electrons. The van der Waals surface area contributed by atoms with Gasteiger partial charge < -0.3 is 15.2 Å². The fourth-order valence-corrected chi connectivity index (χ4v) is 1.88. The van der Waals surface area contributed by atoms with Gasteiger partial charge in [-0.05, 0) is 30.2 Å². The minimum atomic E-state index is -0.756. The van der Waals surface area contributed by atoms with Crippen molar-refractivity contribution in [3.63, 3.8) is 0 Å². The molecule has 2 aromatic rings. The maximum Gasteiger partial charge on any atom is 0.327 e. The quantitative estimate of drug-likeness (QED) is 0.829. The van der Waals surface area contributed by atoms with Gasteiger partial charge in [-0.15, -0.1) is 0 Å². The van der Waals surface area contributed by atoms with Crippen LogP contribution in [0, 0.1) is 0 Å². The third-order valence-corrected chi connectivity index (χ3v) is 3.03. The molecule has 21 heavy (non-hydrogen) atoms. The summed E-state index contributed by atoms with van der Waals surface area (Å²) in [6.07, 6.45) is 0. The number of carbonyl (C=O) groups is 1. The molecule has 1 unspecified atom stereocenters. The summed E-state index contributed by atoms with van der Waals surface area (Å²) in [5.41, 5.74) is 7.63. The summed E-state index contributed by atoms with van der Waals surface area (Å²) < 4.78 is 10.6. The van der Waals surface area contributed by atoms with Gasteiger partial charge in [0.2, 0.25) is 0 Å². The molecule has 2 N–H and O–H groups in total. The number of hydrogen-bond acceptors (Lipinski definition) is 4. The monoisotopic (exact) mass is 285 g/mol. The van der Waals surface area contributed by atoms with Crippen LogP contribution in [0.3, 0.4) is 0 Å². The van der Waals surface area contributed by atoms with E-state index in [1.165, 1.54) is 0 Å². The summed E-state index contributed by atoms with van der Waals surface area (Å²) in [5.74, 6) is 0.314. The van der Waals surface area contributed by atoms with Crippen molar-refractivity contribution in [2.45, 2.75) is 19.6 Å².